The van der Waals surface area contributed by atoms with Gasteiger partial charge >= 0.3 is 6.85 Å². The Balaban J connectivity index is 1.65. The van der Waals surface area contributed by atoms with Gasteiger partial charge in [-0.1, -0.05) is 121 Å². The molecule has 0 fully saturated rings. The average Bonchev–Trinajstić information content (AvgIpc) is 2.89. The number of anilines is 2. The zero-order chi connectivity index (χ0) is 21.3. The molecule has 0 saturated carbocycles. The minimum absolute atomic E-state index is 0.0900. The molecule has 0 saturated heterocycles. The smallest absolute Gasteiger partial charge is 0.328 e. The van der Waals surface area contributed by atoms with Crippen molar-refractivity contribution in [1.82, 2.24) is 0 Å². The van der Waals surface area contributed by atoms with E-state index in [1.54, 1.807) is 0 Å². The summed E-state index contributed by atoms with van der Waals surface area (Å²) in [7, 11) is 0. The molecule has 0 radical (unpaired) electrons. The summed E-state index contributed by atoms with van der Waals surface area (Å²) >= 11 is 0. The molecule has 5 aromatic rings. The SMILES string of the molecule is c1ccc(B2c3cc(-c4ccccc4)ccc3-c3ccccc3N2c2ccccc2)cc1. The summed E-state index contributed by atoms with van der Waals surface area (Å²) in [4.78, 5) is 2.49. The van der Waals surface area contributed by atoms with Gasteiger partial charge in [-0.3, -0.25) is 0 Å². The van der Waals surface area contributed by atoms with Gasteiger partial charge in [-0.2, -0.15) is 0 Å². The third-order valence-corrected chi connectivity index (χ3v) is 6.31. The van der Waals surface area contributed by atoms with Crippen LogP contribution >= 0.6 is 0 Å². The first-order valence-corrected chi connectivity index (χ1v) is 11.1. The van der Waals surface area contributed by atoms with Crippen molar-refractivity contribution in [3.8, 4) is 22.3 Å². The van der Waals surface area contributed by atoms with Crippen LogP contribution < -0.4 is 15.7 Å². The summed E-state index contributed by atoms with van der Waals surface area (Å²) in [6.07, 6.45) is 0. The molecule has 0 spiro atoms. The molecule has 1 aliphatic heterocycles. The van der Waals surface area contributed by atoms with Gasteiger partial charge in [0, 0.05) is 16.9 Å². The summed E-state index contributed by atoms with van der Waals surface area (Å²) in [6, 6.07) is 48.0. The van der Waals surface area contributed by atoms with Crippen molar-refractivity contribution in [2.45, 2.75) is 0 Å². The molecule has 0 amide bonds. The first-order chi connectivity index (χ1) is 15.9. The van der Waals surface area contributed by atoms with E-state index in [1.807, 2.05) is 0 Å². The maximum absolute atomic E-state index is 2.49. The molecule has 0 aromatic heterocycles. The Morgan fingerprint density at radius 1 is 0.469 bits per heavy atom. The zero-order valence-electron chi connectivity index (χ0n) is 17.7. The van der Waals surface area contributed by atoms with E-state index < -0.39 is 0 Å². The average molecular weight is 407 g/mol. The van der Waals surface area contributed by atoms with Crippen molar-refractivity contribution in [3.05, 3.63) is 133 Å². The van der Waals surface area contributed by atoms with Crippen molar-refractivity contribution in [2.24, 2.45) is 0 Å². The van der Waals surface area contributed by atoms with E-state index in [0.717, 1.165) is 0 Å². The molecular formula is C30H22BN. The summed E-state index contributed by atoms with van der Waals surface area (Å²) in [5.74, 6) is 0. The Bertz CT molecular complexity index is 1360. The van der Waals surface area contributed by atoms with Crippen LogP contribution in [-0.4, -0.2) is 6.85 Å². The lowest BCUT2D eigenvalue weighted by atomic mass is 9.45. The van der Waals surface area contributed by atoms with Crippen molar-refractivity contribution >= 4 is 29.1 Å². The van der Waals surface area contributed by atoms with Crippen LogP contribution in [0.2, 0.25) is 0 Å². The van der Waals surface area contributed by atoms with Crippen molar-refractivity contribution in [3.63, 3.8) is 0 Å². The van der Waals surface area contributed by atoms with E-state index >= 15 is 0 Å². The number of benzene rings is 5. The Morgan fingerprint density at radius 3 is 1.84 bits per heavy atom. The minimum Gasteiger partial charge on any atom is -0.376 e. The molecule has 0 atom stereocenters. The molecule has 0 bridgehead atoms. The molecular weight excluding hydrogens is 385 g/mol. The van der Waals surface area contributed by atoms with E-state index in [0.29, 0.717) is 0 Å². The molecule has 5 aromatic carbocycles. The van der Waals surface area contributed by atoms with Crippen LogP contribution in [-0.2, 0) is 0 Å². The van der Waals surface area contributed by atoms with Gasteiger partial charge in [-0.05, 0) is 40.4 Å². The van der Waals surface area contributed by atoms with Gasteiger partial charge in [0.15, 0.2) is 0 Å². The van der Waals surface area contributed by atoms with Crippen LogP contribution in [0, 0.1) is 0 Å². The fraction of sp³-hybridized carbons (Fsp3) is 0. The van der Waals surface area contributed by atoms with E-state index in [-0.39, 0.29) is 6.85 Å². The topological polar surface area (TPSA) is 3.24 Å². The number of rotatable bonds is 3. The van der Waals surface area contributed by atoms with Gasteiger partial charge in [-0.25, -0.2) is 0 Å². The van der Waals surface area contributed by atoms with Crippen LogP contribution in [0.25, 0.3) is 22.3 Å². The van der Waals surface area contributed by atoms with E-state index in [9.17, 15) is 0 Å². The first kappa shape index (κ1) is 18.7. The van der Waals surface area contributed by atoms with E-state index in [2.05, 4.69) is 138 Å². The first-order valence-electron chi connectivity index (χ1n) is 11.1. The summed E-state index contributed by atoms with van der Waals surface area (Å²) in [5.41, 5.74) is 10.1. The van der Waals surface area contributed by atoms with Crippen LogP contribution in [0.15, 0.2) is 133 Å². The number of nitrogens with zero attached hydrogens (tertiary/aromatic N) is 1. The van der Waals surface area contributed by atoms with Crippen molar-refractivity contribution in [2.75, 3.05) is 4.81 Å². The molecule has 32 heavy (non-hydrogen) atoms. The van der Waals surface area contributed by atoms with Crippen LogP contribution in [0.1, 0.15) is 0 Å². The number of fused-ring (bicyclic) bond motifs is 3. The summed E-state index contributed by atoms with van der Waals surface area (Å²) in [5, 5.41) is 0. The molecule has 1 heterocycles. The Kier molecular flexibility index (Phi) is 4.62. The quantitative estimate of drug-likeness (QED) is 0.318. The molecule has 150 valence electrons. The maximum Gasteiger partial charge on any atom is 0.328 e. The van der Waals surface area contributed by atoms with Gasteiger partial charge in [-0.15, -0.1) is 0 Å². The van der Waals surface area contributed by atoms with E-state index in [1.165, 1.54) is 44.6 Å². The summed E-state index contributed by atoms with van der Waals surface area (Å²) in [6.45, 7) is 0.0900. The highest BCUT2D eigenvalue weighted by Crippen LogP contribution is 2.40. The highest BCUT2D eigenvalue weighted by molar-refractivity contribution is 6.90. The largest absolute Gasteiger partial charge is 0.376 e. The maximum atomic E-state index is 2.49. The zero-order valence-corrected chi connectivity index (χ0v) is 17.7. The normalized spacial score (nSPS) is 12.2. The van der Waals surface area contributed by atoms with Crippen molar-refractivity contribution in [1.29, 1.82) is 0 Å². The predicted molar refractivity (Wildman–Crippen MR) is 137 cm³/mol. The molecule has 0 N–H and O–H groups in total. The monoisotopic (exact) mass is 407 g/mol. The fourth-order valence-corrected chi connectivity index (χ4v) is 4.87. The second kappa shape index (κ2) is 7.90. The standard InChI is InChI=1S/C30H22BN/c1-4-12-23(13-5-1)24-20-21-27-28-18-10-11-19-30(28)32(26-16-8-3-9-17-26)31(29(27)22-24)25-14-6-2-7-15-25/h1-22H. The lowest BCUT2D eigenvalue weighted by molar-refractivity contribution is 1.36. The number of hydrogen-bond acceptors (Lipinski definition) is 1. The van der Waals surface area contributed by atoms with Crippen molar-refractivity contribution < 1.29 is 0 Å². The second-order valence-electron chi connectivity index (χ2n) is 8.20. The molecule has 0 unspecified atom stereocenters. The number of para-hydroxylation sites is 2. The third kappa shape index (κ3) is 3.12. The third-order valence-electron chi connectivity index (χ3n) is 6.31. The molecule has 6 rings (SSSR count). The summed E-state index contributed by atoms with van der Waals surface area (Å²) < 4.78 is 0. The highest BCUT2D eigenvalue weighted by atomic mass is 15.1. The van der Waals surface area contributed by atoms with Gasteiger partial charge in [0.05, 0.1) is 0 Å². The lowest BCUT2D eigenvalue weighted by Crippen LogP contribution is -2.57. The highest BCUT2D eigenvalue weighted by Gasteiger charge is 2.36. The van der Waals surface area contributed by atoms with Crippen LogP contribution in [0.4, 0.5) is 11.4 Å². The predicted octanol–water partition coefficient (Wildman–Crippen LogP) is 6.28. The molecule has 1 nitrogen and oxygen atoms in total. The van der Waals surface area contributed by atoms with Gasteiger partial charge in [0.2, 0.25) is 0 Å². The van der Waals surface area contributed by atoms with Crippen LogP contribution in [0.5, 0.6) is 0 Å². The van der Waals surface area contributed by atoms with Gasteiger partial charge in [0.25, 0.3) is 0 Å². The minimum atomic E-state index is 0.0900. The number of hydrogen-bond donors (Lipinski definition) is 0. The molecule has 2 heteroatoms. The van der Waals surface area contributed by atoms with Gasteiger partial charge in [0.1, 0.15) is 0 Å². The van der Waals surface area contributed by atoms with Gasteiger partial charge < -0.3 is 4.81 Å². The Hall–Kier alpha value is -4.04. The molecule has 1 aliphatic rings. The molecule has 0 aliphatic carbocycles. The van der Waals surface area contributed by atoms with Crippen LogP contribution in [0.3, 0.4) is 0 Å². The fourth-order valence-electron chi connectivity index (χ4n) is 4.87. The Labute approximate surface area is 189 Å². The second-order valence-corrected chi connectivity index (χ2v) is 8.20. The van der Waals surface area contributed by atoms with E-state index in [4.69, 9.17) is 0 Å². The Morgan fingerprint density at radius 2 is 1.09 bits per heavy atom. The lowest BCUT2D eigenvalue weighted by Gasteiger charge is -2.39.